The summed E-state index contributed by atoms with van der Waals surface area (Å²) in [6, 6.07) is 0. The van der Waals surface area contributed by atoms with E-state index in [1.165, 1.54) is 57.8 Å². The van der Waals surface area contributed by atoms with Crippen LogP contribution < -0.4 is 0 Å². The third-order valence-electron chi connectivity index (χ3n) is 2.93. The molecular formula is C14H24. The fourth-order valence-electron chi connectivity index (χ4n) is 1.94. The molecule has 80 valence electrons. The second kappa shape index (κ2) is 7.84. The number of hydrogen-bond acceptors (Lipinski definition) is 0. The fraction of sp³-hybridized carbons (Fsp3) is 0.714. The van der Waals surface area contributed by atoms with Gasteiger partial charge >= 0.3 is 0 Å². The Morgan fingerprint density at radius 3 is 1.86 bits per heavy atom. The summed E-state index contributed by atoms with van der Waals surface area (Å²) in [5.74, 6) is 0. The molecule has 2 aliphatic rings. The molecule has 0 spiro atoms. The molecule has 0 saturated carbocycles. The van der Waals surface area contributed by atoms with Gasteiger partial charge in [-0.25, -0.2) is 0 Å². The largest absolute Gasteiger partial charge is 0.0885 e. The van der Waals surface area contributed by atoms with Crippen LogP contribution in [0.4, 0.5) is 0 Å². The first-order valence-corrected chi connectivity index (χ1v) is 6.20. The molecule has 0 atom stereocenters. The third-order valence-corrected chi connectivity index (χ3v) is 2.93. The van der Waals surface area contributed by atoms with E-state index in [-0.39, 0.29) is 0 Å². The monoisotopic (exact) mass is 192 g/mol. The Labute approximate surface area is 89.1 Å². The van der Waals surface area contributed by atoms with Crippen molar-refractivity contribution in [2.45, 2.75) is 64.7 Å². The van der Waals surface area contributed by atoms with Crippen molar-refractivity contribution >= 4 is 0 Å². The molecule has 0 heteroatoms. The van der Waals surface area contributed by atoms with Gasteiger partial charge in [0.05, 0.1) is 0 Å². The van der Waals surface area contributed by atoms with Crippen molar-refractivity contribution in [3.05, 3.63) is 23.8 Å². The highest BCUT2D eigenvalue weighted by atomic mass is 14.0. The summed E-state index contributed by atoms with van der Waals surface area (Å²) in [6.07, 6.45) is 19.4. The average Bonchev–Trinajstić information content (AvgIpc) is 2.51. The Bertz CT molecular complexity index is 178. The van der Waals surface area contributed by atoms with Crippen molar-refractivity contribution in [2.75, 3.05) is 0 Å². The van der Waals surface area contributed by atoms with Gasteiger partial charge in [-0.15, -0.1) is 0 Å². The van der Waals surface area contributed by atoms with Gasteiger partial charge in [-0.2, -0.15) is 0 Å². The molecule has 0 aliphatic heterocycles. The lowest BCUT2D eigenvalue weighted by atomic mass is 10.0. The molecule has 14 heavy (non-hydrogen) atoms. The molecule has 0 bridgehead atoms. The quantitative estimate of drug-likeness (QED) is 0.473. The van der Waals surface area contributed by atoms with E-state index in [9.17, 15) is 0 Å². The van der Waals surface area contributed by atoms with Crippen LogP contribution in [0.1, 0.15) is 64.7 Å². The van der Waals surface area contributed by atoms with E-state index in [1.807, 2.05) is 0 Å². The molecule has 0 nitrogen and oxygen atoms in total. The van der Waals surface area contributed by atoms with Gasteiger partial charge in [0.25, 0.3) is 0 Å². The van der Waals surface area contributed by atoms with Crippen molar-refractivity contribution in [3.63, 3.8) is 0 Å². The lowest BCUT2D eigenvalue weighted by Crippen LogP contribution is -1.85. The van der Waals surface area contributed by atoms with E-state index >= 15 is 0 Å². The summed E-state index contributed by atoms with van der Waals surface area (Å²) in [7, 11) is 0. The molecular weight excluding hydrogens is 168 g/mol. The van der Waals surface area contributed by atoms with Crippen molar-refractivity contribution in [3.8, 4) is 0 Å². The minimum atomic E-state index is 1.32. The summed E-state index contributed by atoms with van der Waals surface area (Å²) in [5.41, 5.74) is 1.59. The van der Waals surface area contributed by atoms with E-state index < -0.39 is 0 Å². The van der Waals surface area contributed by atoms with E-state index in [4.69, 9.17) is 0 Å². The summed E-state index contributed by atoms with van der Waals surface area (Å²) < 4.78 is 0. The standard InChI is InChI=1S/2C7H12/c1-7-5-3-2-4-6-7;1-2-4-6-7-5-3-1/h5H,2-4,6H2,1H3;1-2H,3-7H2. The highest BCUT2D eigenvalue weighted by Gasteiger charge is 1.95. The van der Waals surface area contributed by atoms with Gasteiger partial charge in [0, 0.05) is 0 Å². The Kier molecular flexibility index (Phi) is 6.47. The first-order valence-electron chi connectivity index (χ1n) is 6.20. The molecule has 2 aliphatic carbocycles. The molecule has 0 heterocycles. The maximum atomic E-state index is 2.35. The topological polar surface area (TPSA) is 0 Å². The van der Waals surface area contributed by atoms with Crippen LogP contribution in [0.3, 0.4) is 0 Å². The van der Waals surface area contributed by atoms with Crippen LogP contribution in [0.5, 0.6) is 0 Å². The van der Waals surface area contributed by atoms with Crippen LogP contribution in [-0.2, 0) is 0 Å². The molecule has 0 saturated heterocycles. The minimum Gasteiger partial charge on any atom is -0.0885 e. The van der Waals surface area contributed by atoms with Gasteiger partial charge in [-0.1, -0.05) is 30.2 Å². The normalized spacial score (nSPS) is 21.6. The van der Waals surface area contributed by atoms with E-state index in [0.29, 0.717) is 0 Å². The Morgan fingerprint density at radius 1 is 0.786 bits per heavy atom. The van der Waals surface area contributed by atoms with Crippen LogP contribution in [0.2, 0.25) is 0 Å². The zero-order valence-electron chi connectivity index (χ0n) is 9.60. The van der Waals surface area contributed by atoms with E-state index in [2.05, 4.69) is 25.2 Å². The van der Waals surface area contributed by atoms with E-state index in [1.54, 1.807) is 5.57 Å². The molecule has 0 fully saturated rings. The van der Waals surface area contributed by atoms with E-state index in [0.717, 1.165) is 0 Å². The van der Waals surface area contributed by atoms with Crippen LogP contribution in [0.15, 0.2) is 23.8 Å². The summed E-state index contributed by atoms with van der Waals surface area (Å²) in [6.45, 7) is 2.22. The Morgan fingerprint density at radius 2 is 1.43 bits per heavy atom. The highest BCUT2D eigenvalue weighted by Crippen LogP contribution is 2.15. The van der Waals surface area contributed by atoms with Crippen LogP contribution in [-0.4, -0.2) is 0 Å². The maximum absolute atomic E-state index is 2.35. The SMILES string of the molecule is C1=CCCCCC1.CC1=CCCCC1. The first kappa shape index (κ1) is 11.6. The predicted molar refractivity (Wildman–Crippen MR) is 64.5 cm³/mol. The Balaban J connectivity index is 0.000000140. The molecule has 0 amide bonds. The molecule has 0 aromatic rings. The zero-order chi connectivity index (χ0) is 10.1. The average molecular weight is 192 g/mol. The van der Waals surface area contributed by atoms with Crippen molar-refractivity contribution in [1.29, 1.82) is 0 Å². The van der Waals surface area contributed by atoms with Crippen LogP contribution >= 0.6 is 0 Å². The molecule has 0 radical (unpaired) electrons. The van der Waals surface area contributed by atoms with Gasteiger partial charge in [0.1, 0.15) is 0 Å². The van der Waals surface area contributed by atoms with Gasteiger partial charge in [0.2, 0.25) is 0 Å². The van der Waals surface area contributed by atoms with Gasteiger partial charge in [0.15, 0.2) is 0 Å². The van der Waals surface area contributed by atoms with Gasteiger partial charge < -0.3 is 0 Å². The lowest BCUT2D eigenvalue weighted by molar-refractivity contribution is 0.702. The zero-order valence-corrected chi connectivity index (χ0v) is 9.60. The molecule has 0 aromatic heterocycles. The number of hydrogen-bond donors (Lipinski definition) is 0. The van der Waals surface area contributed by atoms with Gasteiger partial charge in [-0.3, -0.25) is 0 Å². The second-order valence-electron chi connectivity index (χ2n) is 4.41. The maximum Gasteiger partial charge on any atom is -0.0323 e. The van der Waals surface area contributed by atoms with Gasteiger partial charge in [-0.05, 0) is 58.3 Å². The Hall–Kier alpha value is -0.520. The molecule has 0 aromatic carbocycles. The van der Waals surface area contributed by atoms with Crippen LogP contribution in [0, 0.1) is 0 Å². The fourth-order valence-corrected chi connectivity index (χ4v) is 1.94. The minimum absolute atomic E-state index is 1.32. The highest BCUT2D eigenvalue weighted by molar-refractivity contribution is 5.00. The smallest absolute Gasteiger partial charge is 0.0323 e. The predicted octanol–water partition coefficient (Wildman–Crippen LogP) is 5.01. The molecule has 0 N–H and O–H groups in total. The third kappa shape index (κ3) is 6.01. The summed E-state index contributed by atoms with van der Waals surface area (Å²) in [5, 5.41) is 0. The first-order chi connectivity index (χ1) is 6.89. The number of allylic oxidation sites excluding steroid dienone is 4. The summed E-state index contributed by atoms with van der Waals surface area (Å²) in [4.78, 5) is 0. The molecule has 2 rings (SSSR count). The van der Waals surface area contributed by atoms with Crippen molar-refractivity contribution < 1.29 is 0 Å². The lowest BCUT2D eigenvalue weighted by Gasteiger charge is -2.05. The van der Waals surface area contributed by atoms with Crippen LogP contribution in [0.25, 0.3) is 0 Å². The van der Waals surface area contributed by atoms with Crippen molar-refractivity contribution in [1.82, 2.24) is 0 Å². The molecule has 0 unspecified atom stereocenters. The van der Waals surface area contributed by atoms with Crippen molar-refractivity contribution in [2.24, 2.45) is 0 Å². The number of rotatable bonds is 0. The second-order valence-corrected chi connectivity index (χ2v) is 4.41. The summed E-state index contributed by atoms with van der Waals surface area (Å²) >= 11 is 0.